The highest BCUT2D eigenvalue weighted by Gasteiger charge is 2.25. The van der Waals surface area contributed by atoms with Gasteiger partial charge in [0.15, 0.2) is 0 Å². The zero-order valence-corrected chi connectivity index (χ0v) is 13.3. The molecule has 120 valence electrons. The van der Waals surface area contributed by atoms with E-state index < -0.39 is 0 Å². The summed E-state index contributed by atoms with van der Waals surface area (Å²) in [6.07, 6.45) is 0.959. The number of benzene rings is 2. The van der Waals surface area contributed by atoms with E-state index in [2.05, 4.69) is 28.4 Å². The van der Waals surface area contributed by atoms with Gasteiger partial charge < -0.3 is 5.32 Å². The van der Waals surface area contributed by atoms with Gasteiger partial charge in [0.1, 0.15) is 5.82 Å². The van der Waals surface area contributed by atoms with Crippen molar-refractivity contribution >= 4 is 5.91 Å². The van der Waals surface area contributed by atoms with Gasteiger partial charge in [0.25, 0.3) is 0 Å². The number of hydrogen-bond acceptors (Lipinski definition) is 2. The first-order chi connectivity index (χ1) is 11.1. The normalized spacial score (nSPS) is 15.7. The third-order valence-electron chi connectivity index (χ3n) is 4.50. The fraction of sp³-hybridized carbons (Fsp3) is 0.316. The Balaban J connectivity index is 1.59. The highest BCUT2D eigenvalue weighted by molar-refractivity contribution is 5.81. The molecule has 0 saturated carbocycles. The lowest BCUT2D eigenvalue weighted by molar-refractivity contribution is -0.126. The van der Waals surface area contributed by atoms with Crippen molar-refractivity contribution < 1.29 is 9.18 Å². The first-order valence-corrected chi connectivity index (χ1v) is 7.97. The molecule has 1 aliphatic rings. The zero-order valence-electron chi connectivity index (χ0n) is 13.3. The van der Waals surface area contributed by atoms with Gasteiger partial charge in [0.05, 0.1) is 6.04 Å². The second-order valence-corrected chi connectivity index (χ2v) is 5.97. The summed E-state index contributed by atoms with van der Waals surface area (Å²) in [5.41, 5.74) is 3.16. The molecule has 1 heterocycles. The van der Waals surface area contributed by atoms with Crippen LogP contribution < -0.4 is 5.32 Å². The molecule has 23 heavy (non-hydrogen) atoms. The number of rotatable bonds is 4. The number of carbonyl (C=O) groups excluding carboxylic acids is 1. The molecule has 1 unspecified atom stereocenters. The summed E-state index contributed by atoms with van der Waals surface area (Å²) in [4.78, 5) is 14.5. The van der Waals surface area contributed by atoms with E-state index in [1.54, 1.807) is 18.2 Å². The molecule has 1 aliphatic heterocycles. The molecule has 0 bridgehead atoms. The molecule has 2 aromatic rings. The Morgan fingerprint density at radius 3 is 2.65 bits per heavy atom. The van der Waals surface area contributed by atoms with Gasteiger partial charge in [-0.2, -0.15) is 0 Å². The Morgan fingerprint density at radius 2 is 1.87 bits per heavy atom. The van der Waals surface area contributed by atoms with Crippen LogP contribution in [0.1, 0.15) is 23.6 Å². The minimum atomic E-state index is -0.285. The molecule has 1 amide bonds. The van der Waals surface area contributed by atoms with Gasteiger partial charge in [-0.05, 0) is 30.5 Å². The zero-order chi connectivity index (χ0) is 16.2. The largest absolute Gasteiger partial charge is 0.351 e. The Hall–Kier alpha value is -2.20. The maximum absolute atomic E-state index is 13.6. The van der Waals surface area contributed by atoms with Crippen molar-refractivity contribution in [1.82, 2.24) is 10.2 Å². The molecule has 1 N–H and O–H groups in total. The second kappa shape index (κ2) is 6.92. The first kappa shape index (κ1) is 15.7. The van der Waals surface area contributed by atoms with Crippen LogP contribution in [0.25, 0.3) is 0 Å². The minimum absolute atomic E-state index is 0.0624. The first-order valence-electron chi connectivity index (χ1n) is 7.97. The van der Waals surface area contributed by atoms with E-state index in [9.17, 15) is 9.18 Å². The quantitative estimate of drug-likeness (QED) is 0.941. The van der Waals surface area contributed by atoms with Gasteiger partial charge in [-0.15, -0.1) is 0 Å². The van der Waals surface area contributed by atoms with Crippen molar-refractivity contribution in [3.05, 3.63) is 71.0 Å². The van der Waals surface area contributed by atoms with Crippen LogP contribution in [-0.4, -0.2) is 23.4 Å². The van der Waals surface area contributed by atoms with Crippen molar-refractivity contribution in [1.29, 1.82) is 0 Å². The topological polar surface area (TPSA) is 32.3 Å². The number of nitrogens with one attached hydrogen (secondary N) is 1. The van der Waals surface area contributed by atoms with Crippen LogP contribution in [0.15, 0.2) is 48.5 Å². The maximum Gasteiger partial charge on any atom is 0.237 e. The summed E-state index contributed by atoms with van der Waals surface area (Å²) < 4.78 is 13.6. The molecule has 4 heteroatoms. The van der Waals surface area contributed by atoms with E-state index in [-0.39, 0.29) is 24.3 Å². The van der Waals surface area contributed by atoms with Crippen LogP contribution in [0.2, 0.25) is 0 Å². The van der Waals surface area contributed by atoms with Crippen molar-refractivity contribution in [2.45, 2.75) is 32.5 Å². The highest BCUT2D eigenvalue weighted by Crippen LogP contribution is 2.20. The van der Waals surface area contributed by atoms with E-state index in [1.165, 1.54) is 17.2 Å². The third-order valence-corrected chi connectivity index (χ3v) is 4.50. The van der Waals surface area contributed by atoms with Crippen LogP contribution in [0.3, 0.4) is 0 Å². The van der Waals surface area contributed by atoms with Crippen LogP contribution in [0, 0.1) is 5.82 Å². The smallest absolute Gasteiger partial charge is 0.237 e. The van der Waals surface area contributed by atoms with Crippen molar-refractivity contribution in [2.24, 2.45) is 0 Å². The fourth-order valence-electron chi connectivity index (χ4n) is 2.99. The molecule has 0 aromatic heterocycles. The third kappa shape index (κ3) is 3.59. The van der Waals surface area contributed by atoms with Crippen LogP contribution in [-0.2, 0) is 24.3 Å². The molecule has 0 radical (unpaired) electrons. The van der Waals surface area contributed by atoms with E-state index in [1.807, 2.05) is 13.0 Å². The lowest BCUT2D eigenvalue weighted by Crippen LogP contribution is -2.46. The number of hydrogen-bond donors (Lipinski definition) is 1. The molecule has 3 rings (SSSR count). The van der Waals surface area contributed by atoms with E-state index in [0.29, 0.717) is 5.56 Å². The Kier molecular flexibility index (Phi) is 4.72. The van der Waals surface area contributed by atoms with Crippen LogP contribution >= 0.6 is 0 Å². The van der Waals surface area contributed by atoms with Gasteiger partial charge in [0.2, 0.25) is 5.91 Å². The van der Waals surface area contributed by atoms with Crippen molar-refractivity contribution in [2.75, 3.05) is 6.54 Å². The number of fused-ring (bicyclic) bond motifs is 1. The average molecular weight is 312 g/mol. The van der Waals surface area contributed by atoms with Gasteiger partial charge in [-0.25, -0.2) is 4.39 Å². The summed E-state index contributed by atoms with van der Waals surface area (Å²) in [6, 6.07) is 14.6. The molecule has 0 aliphatic carbocycles. The minimum Gasteiger partial charge on any atom is -0.351 e. The van der Waals surface area contributed by atoms with Gasteiger partial charge in [-0.3, -0.25) is 9.69 Å². The summed E-state index contributed by atoms with van der Waals surface area (Å²) in [7, 11) is 0. The van der Waals surface area contributed by atoms with E-state index in [0.717, 1.165) is 19.5 Å². The monoisotopic (exact) mass is 312 g/mol. The summed E-state index contributed by atoms with van der Waals surface area (Å²) >= 11 is 0. The second-order valence-electron chi connectivity index (χ2n) is 5.97. The van der Waals surface area contributed by atoms with Gasteiger partial charge >= 0.3 is 0 Å². The van der Waals surface area contributed by atoms with Gasteiger partial charge in [-0.1, -0.05) is 42.5 Å². The lowest BCUT2D eigenvalue weighted by atomic mass is 9.99. The fourth-order valence-corrected chi connectivity index (χ4v) is 2.99. The molecular formula is C19H21FN2O. The maximum atomic E-state index is 13.6. The van der Waals surface area contributed by atoms with E-state index >= 15 is 0 Å². The van der Waals surface area contributed by atoms with E-state index in [4.69, 9.17) is 0 Å². The van der Waals surface area contributed by atoms with Crippen molar-refractivity contribution in [3.8, 4) is 0 Å². The Labute approximate surface area is 136 Å². The molecule has 0 saturated heterocycles. The van der Waals surface area contributed by atoms with Crippen molar-refractivity contribution in [3.63, 3.8) is 0 Å². The summed E-state index contributed by atoms with van der Waals surface area (Å²) in [5, 5.41) is 2.84. The predicted molar refractivity (Wildman–Crippen MR) is 88.3 cm³/mol. The standard InChI is InChI=1S/C19H21FN2O/c1-14(19(23)21-12-16-7-4-5-9-18(16)20)22-11-10-15-6-2-3-8-17(15)13-22/h2-9,14H,10-13H2,1H3,(H,21,23). The Bertz CT molecular complexity index is 701. The number of amides is 1. The number of nitrogens with zero attached hydrogens (tertiary/aromatic N) is 1. The lowest BCUT2D eigenvalue weighted by Gasteiger charge is -2.32. The van der Waals surface area contributed by atoms with Crippen LogP contribution in [0.4, 0.5) is 4.39 Å². The highest BCUT2D eigenvalue weighted by atomic mass is 19.1. The molecule has 0 fully saturated rings. The molecule has 0 spiro atoms. The average Bonchev–Trinajstić information content (AvgIpc) is 2.59. The molecule has 3 nitrogen and oxygen atoms in total. The summed E-state index contributed by atoms with van der Waals surface area (Å²) in [5.74, 6) is -0.347. The van der Waals surface area contributed by atoms with Crippen LogP contribution in [0.5, 0.6) is 0 Å². The van der Waals surface area contributed by atoms with Gasteiger partial charge in [0, 0.05) is 25.2 Å². The Morgan fingerprint density at radius 1 is 1.17 bits per heavy atom. The number of carbonyl (C=O) groups is 1. The molecule has 1 atom stereocenters. The summed E-state index contributed by atoms with van der Waals surface area (Å²) in [6.45, 7) is 3.78. The molecular weight excluding hydrogens is 291 g/mol. The number of halogens is 1. The predicted octanol–water partition coefficient (Wildman–Crippen LogP) is 2.89. The SMILES string of the molecule is CC(C(=O)NCc1ccccc1F)N1CCc2ccccc2C1. The molecule has 2 aromatic carbocycles.